The Morgan fingerprint density at radius 2 is 1.70 bits per heavy atom. The van der Waals surface area contributed by atoms with Gasteiger partial charge in [0.2, 0.25) is 5.91 Å². The molecule has 0 atom stereocenters. The van der Waals surface area contributed by atoms with Crippen LogP contribution in [0.1, 0.15) is 25.0 Å². The van der Waals surface area contributed by atoms with Gasteiger partial charge in [-0.3, -0.25) is 19.4 Å². The van der Waals surface area contributed by atoms with E-state index >= 15 is 0 Å². The maximum absolute atomic E-state index is 13.0. The highest BCUT2D eigenvalue weighted by atomic mass is 35.5. The minimum Gasteiger partial charge on any atom is -0.331 e. The summed E-state index contributed by atoms with van der Waals surface area (Å²) < 4.78 is 2.04. The van der Waals surface area contributed by atoms with E-state index in [0.29, 0.717) is 24.7 Å². The van der Waals surface area contributed by atoms with Crippen molar-refractivity contribution in [1.82, 2.24) is 24.6 Å². The summed E-state index contributed by atoms with van der Waals surface area (Å²) in [7, 11) is 0. The van der Waals surface area contributed by atoms with E-state index in [0.717, 1.165) is 47.7 Å². The third kappa shape index (κ3) is 4.87. The zero-order chi connectivity index (χ0) is 22.6. The van der Waals surface area contributed by atoms with Gasteiger partial charge in [0.05, 0.1) is 18.8 Å². The molecule has 1 aromatic carbocycles. The molecular formula is C26H28ClN5O. The average molecular weight is 462 g/mol. The van der Waals surface area contributed by atoms with Crippen LogP contribution in [0.3, 0.4) is 0 Å². The van der Waals surface area contributed by atoms with Gasteiger partial charge in [0.25, 0.3) is 0 Å². The van der Waals surface area contributed by atoms with Crippen LogP contribution in [0, 0.1) is 0 Å². The molecule has 2 aromatic heterocycles. The smallest absolute Gasteiger partial charge is 0.246 e. The molecule has 0 spiro atoms. The molecule has 33 heavy (non-hydrogen) atoms. The Balaban J connectivity index is 1.40. The van der Waals surface area contributed by atoms with Crippen LogP contribution in [0.25, 0.3) is 22.4 Å². The summed E-state index contributed by atoms with van der Waals surface area (Å²) in [5.41, 5.74) is 5.06. The number of piperidine rings is 1. The maximum atomic E-state index is 13.0. The first-order chi connectivity index (χ1) is 16.2. The quantitative estimate of drug-likeness (QED) is 0.519. The van der Waals surface area contributed by atoms with E-state index in [2.05, 4.69) is 9.88 Å². The van der Waals surface area contributed by atoms with Crippen LogP contribution in [-0.2, 0) is 17.9 Å². The van der Waals surface area contributed by atoms with Crippen molar-refractivity contribution in [1.29, 1.82) is 0 Å². The summed E-state index contributed by atoms with van der Waals surface area (Å²) in [6.07, 6.45) is 11.2. The molecule has 7 heteroatoms. The van der Waals surface area contributed by atoms with Crippen LogP contribution in [0.2, 0.25) is 5.02 Å². The van der Waals surface area contributed by atoms with Gasteiger partial charge in [0.1, 0.15) is 5.69 Å². The van der Waals surface area contributed by atoms with Crippen molar-refractivity contribution in [2.24, 2.45) is 0 Å². The van der Waals surface area contributed by atoms with Crippen molar-refractivity contribution >= 4 is 17.5 Å². The fourth-order valence-electron chi connectivity index (χ4n) is 4.69. The van der Waals surface area contributed by atoms with E-state index in [1.165, 1.54) is 19.3 Å². The Kier molecular flexibility index (Phi) is 6.55. The zero-order valence-corrected chi connectivity index (χ0v) is 19.4. The molecule has 1 fully saturated rings. The van der Waals surface area contributed by atoms with Gasteiger partial charge in [-0.15, -0.1) is 0 Å². The number of nitrogens with zero attached hydrogens (tertiary/aromatic N) is 5. The van der Waals surface area contributed by atoms with Gasteiger partial charge < -0.3 is 4.90 Å². The van der Waals surface area contributed by atoms with Crippen molar-refractivity contribution in [3.05, 3.63) is 71.7 Å². The highest BCUT2D eigenvalue weighted by Crippen LogP contribution is 2.36. The van der Waals surface area contributed by atoms with Gasteiger partial charge in [-0.1, -0.05) is 36.2 Å². The largest absolute Gasteiger partial charge is 0.331 e. The highest BCUT2D eigenvalue weighted by Gasteiger charge is 2.27. The molecule has 0 N–H and O–H groups in total. The molecule has 0 saturated carbocycles. The average Bonchev–Trinajstić information content (AvgIpc) is 3.24. The van der Waals surface area contributed by atoms with E-state index in [4.69, 9.17) is 16.7 Å². The van der Waals surface area contributed by atoms with Gasteiger partial charge in [-0.25, -0.2) is 0 Å². The van der Waals surface area contributed by atoms with Crippen LogP contribution >= 0.6 is 11.6 Å². The molecule has 0 aliphatic carbocycles. The van der Waals surface area contributed by atoms with Crippen LogP contribution in [-0.4, -0.2) is 56.7 Å². The Morgan fingerprint density at radius 1 is 0.939 bits per heavy atom. The van der Waals surface area contributed by atoms with Gasteiger partial charge >= 0.3 is 0 Å². The lowest BCUT2D eigenvalue weighted by Crippen LogP contribution is -2.38. The molecule has 6 nitrogen and oxygen atoms in total. The van der Waals surface area contributed by atoms with E-state index in [1.54, 1.807) is 18.5 Å². The normalized spacial score (nSPS) is 16.8. The van der Waals surface area contributed by atoms with E-state index in [1.807, 2.05) is 52.1 Å². The topological polar surface area (TPSA) is 54.3 Å². The first kappa shape index (κ1) is 21.9. The fraction of sp³-hybridized carbons (Fsp3) is 0.346. The minimum absolute atomic E-state index is 0.0631. The number of carbonyl (C=O) groups is 1. The monoisotopic (exact) mass is 461 g/mol. The number of benzene rings is 1. The lowest BCUT2D eigenvalue weighted by Gasteiger charge is -2.28. The predicted octanol–water partition coefficient (Wildman–Crippen LogP) is 4.65. The Hall–Kier alpha value is -2.96. The molecule has 0 radical (unpaired) electrons. The van der Waals surface area contributed by atoms with Crippen molar-refractivity contribution in [3.8, 4) is 22.4 Å². The molecule has 5 rings (SSSR count). The summed E-state index contributed by atoms with van der Waals surface area (Å²) in [5.74, 6) is 0.0631. The predicted molar refractivity (Wildman–Crippen MR) is 131 cm³/mol. The number of carbonyl (C=O) groups excluding carboxylic acids is 1. The van der Waals surface area contributed by atoms with Gasteiger partial charge in [-0.05, 0) is 55.8 Å². The number of halogens is 1. The first-order valence-corrected chi connectivity index (χ1v) is 12.0. The molecule has 2 aliphatic rings. The van der Waals surface area contributed by atoms with E-state index < -0.39 is 0 Å². The third-order valence-corrected chi connectivity index (χ3v) is 6.70. The molecular weight excluding hydrogens is 434 g/mol. The Labute approximate surface area is 199 Å². The van der Waals surface area contributed by atoms with Gasteiger partial charge in [0, 0.05) is 47.7 Å². The number of pyridine rings is 1. The molecule has 0 unspecified atom stereocenters. The lowest BCUT2D eigenvalue weighted by atomic mass is 9.99. The van der Waals surface area contributed by atoms with Crippen LogP contribution in [0.4, 0.5) is 0 Å². The van der Waals surface area contributed by atoms with Crippen molar-refractivity contribution < 1.29 is 4.79 Å². The van der Waals surface area contributed by atoms with Gasteiger partial charge in [-0.2, -0.15) is 5.10 Å². The maximum Gasteiger partial charge on any atom is 0.246 e. The van der Waals surface area contributed by atoms with Crippen LogP contribution in [0.5, 0.6) is 0 Å². The molecule has 0 bridgehead atoms. The second-order valence-corrected chi connectivity index (χ2v) is 9.10. The Morgan fingerprint density at radius 3 is 2.45 bits per heavy atom. The minimum atomic E-state index is 0.0631. The second kappa shape index (κ2) is 9.89. The fourth-order valence-corrected chi connectivity index (χ4v) is 4.81. The van der Waals surface area contributed by atoms with Crippen molar-refractivity contribution in [3.63, 3.8) is 0 Å². The molecule has 2 aliphatic heterocycles. The first-order valence-electron chi connectivity index (χ1n) is 11.6. The number of hydrogen-bond donors (Lipinski definition) is 0. The number of aromatic nitrogens is 3. The third-order valence-electron chi connectivity index (χ3n) is 6.45. The molecule has 4 heterocycles. The van der Waals surface area contributed by atoms with E-state index in [9.17, 15) is 4.79 Å². The molecule has 3 aromatic rings. The summed E-state index contributed by atoms with van der Waals surface area (Å²) >= 11 is 6.11. The number of likely N-dealkylation sites (tertiary alicyclic amines) is 1. The summed E-state index contributed by atoms with van der Waals surface area (Å²) in [6, 6.07) is 11.7. The summed E-state index contributed by atoms with van der Waals surface area (Å²) in [6.45, 7) is 4.96. The SMILES string of the molecule is O=C(/C=C/CN1CCCCC1)N1CCn2nc(-c3ccc(Cl)cc3)c(-c3ccncc3)c2C1. The van der Waals surface area contributed by atoms with E-state index in [-0.39, 0.29) is 5.91 Å². The number of fused-ring (bicyclic) bond motifs is 1. The lowest BCUT2D eigenvalue weighted by molar-refractivity contribution is -0.127. The zero-order valence-electron chi connectivity index (χ0n) is 18.7. The number of hydrogen-bond acceptors (Lipinski definition) is 4. The van der Waals surface area contributed by atoms with Crippen molar-refractivity contribution in [2.75, 3.05) is 26.2 Å². The number of amides is 1. The molecule has 1 saturated heterocycles. The van der Waals surface area contributed by atoms with Crippen molar-refractivity contribution in [2.45, 2.75) is 32.4 Å². The highest BCUT2D eigenvalue weighted by molar-refractivity contribution is 6.30. The standard InChI is InChI=1S/C26H28ClN5O/c27-22-8-6-21(7-9-22)26-25(20-10-12-28-13-11-20)23-19-31(17-18-32(23)29-26)24(33)5-4-16-30-14-2-1-3-15-30/h4-13H,1-3,14-19H2/b5-4+. The molecule has 170 valence electrons. The number of rotatable bonds is 5. The Bertz CT molecular complexity index is 1130. The molecule has 1 amide bonds. The summed E-state index contributed by atoms with van der Waals surface area (Å²) in [5, 5.41) is 5.63. The second-order valence-electron chi connectivity index (χ2n) is 8.66. The summed E-state index contributed by atoms with van der Waals surface area (Å²) in [4.78, 5) is 21.5. The van der Waals surface area contributed by atoms with Crippen LogP contribution < -0.4 is 0 Å². The van der Waals surface area contributed by atoms with Gasteiger partial charge in [0.15, 0.2) is 0 Å². The van der Waals surface area contributed by atoms with Crippen LogP contribution in [0.15, 0.2) is 60.9 Å².